The molecule has 3 aromatic carbocycles. The molecule has 0 amide bonds. The number of methoxy groups -OCH3 is 3. The van der Waals surface area contributed by atoms with Crippen molar-refractivity contribution in [2.24, 2.45) is 0 Å². The number of carbonyl (C=O) groups is 1. The topological polar surface area (TPSA) is 57.0 Å². The van der Waals surface area contributed by atoms with Crippen LogP contribution in [0.3, 0.4) is 0 Å². The van der Waals surface area contributed by atoms with E-state index in [0.717, 1.165) is 56.2 Å². The lowest BCUT2D eigenvalue weighted by Gasteiger charge is -2.25. The van der Waals surface area contributed by atoms with E-state index in [-0.39, 0.29) is 18.1 Å². The number of benzene rings is 3. The standard InChI is InChI=1S/C31H37NO5/c1-9-37-31(33)28-27(22-10-12-25(34-6)13-11-22)32(28)26(23-14-18(2)29(35-7)19(3)15-23)24-16-20(4)30(36-8)21(5)17-24/h10-17,26-28H,9H2,1-8H3/t27-,28-,32?/m1/s1. The van der Waals surface area contributed by atoms with E-state index in [4.69, 9.17) is 18.9 Å². The Morgan fingerprint density at radius 3 is 1.62 bits per heavy atom. The first-order chi connectivity index (χ1) is 17.7. The minimum Gasteiger partial charge on any atom is -0.497 e. The van der Waals surface area contributed by atoms with E-state index in [1.54, 1.807) is 21.3 Å². The first-order valence-corrected chi connectivity index (χ1v) is 12.6. The van der Waals surface area contributed by atoms with E-state index in [1.807, 2.05) is 31.2 Å². The van der Waals surface area contributed by atoms with Crippen LogP contribution in [-0.4, -0.2) is 44.8 Å². The lowest BCUT2D eigenvalue weighted by Crippen LogP contribution is -2.21. The summed E-state index contributed by atoms with van der Waals surface area (Å²) < 4.78 is 22.2. The summed E-state index contributed by atoms with van der Waals surface area (Å²) in [5, 5.41) is 0. The zero-order chi connectivity index (χ0) is 26.9. The molecular weight excluding hydrogens is 466 g/mol. The highest BCUT2D eigenvalue weighted by molar-refractivity contribution is 5.81. The number of hydrogen-bond donors (Lipinski definition) is 0. The molecule has 1 fully saturated rings. The lowest BCUT2D eigenvalue weighted by atomic mass is 9.92. The minimum atomic E-state index is -0.399. The Labute approximate surface area is 220 Å². The average molecular weight is 504 g/mol. The molecule has 0 N–H and O–H groups in total. The monoisotopic (exact) mass is 503 g/mol. The van der Waals surface area contributed by atoms with Gasteiger partial charge < -0.3 is 18.9 Å². The zero-order valence-electron chi connectivity index (χ0n) is 23.0. The molecule has 196 valence electrons. The molecule has 3 atom stereocenters. The fourth-order valence-corrected chi connectivity index (χ4v) is 5.67. The van der Waals surface area contributed by atoms with Crippen molar-refractivity contribution in [1.29, 1.82) is 0 Å². The third kappa shape index (κ3) is 5.03. The van der Waals surface area contributed by atoms with Crippen molar-refractivity contribution in [2.75, 3.05) is 27.9 Å². The van der Waals surface area contributed by atoms with Crippen LogP contribution >= 0.6 is 0 Å². The van der Waals surface area contributed by atoms with Crippen molar-refractivity contribution in [3.05, 3.63) is 87.5 Å². The van der Waals surface area contributed by atoms with Gasteiger partial charge in [-0.3, -0.25) is 9.69 Å². The minimum absolute atomic E-state index is 0.125. The van der Waals surface area contributed by atoms with Crippen LogP contribution in [0.1, 0.15) is 58.0 Å². The van der Waals surface area contributed by atoms with Crippen molar-refractivity contribution in [3.63, 3.8) is 0 Å². The fourth-order valence-electron chi connectivity index (χ4n) is 5.67. The molecule has 4 rings (SSSR count). The van der Waals surface area contributed by atoms with Gasteiger partial charge in [-0.15, -0.1) is 0 Å². The van der Waals surface area contributed by atoms with E-state index in [9.17, 15) is 4.79 Å². The van der Waals surface area contributed by atoms with Gasteiger partial charge in [-0.1, -0.05) is 36.4 Å². The van der Waals surface area contributed by atoms with E-state index < -0.39 is 6.04 Å². The second-order valence-corrected chi connectivity index (χ2v) is 9.64. The van der Waals surface area contributed by atoms with Gasteiger partial charge in [-0.25, -0.2) is 0 Å². The summed E-state index contributed by atoms with van der Waals surface area (Å²) in [6.07, 6.45) is 0. The highest BCUT2D eigenvalue weighted by Crippen LogP contribution is 2.53. The van der Waals surface area contributed by atoms with Crippen LogP contribution in [0.5, 0.6) is 17.2 Å². The summed E-state index contributed by atoms with van der Waals surface area (Å²) in [5.74, 6) is 2.33. The highest BCUT2D eigenvalue weighted by atomic mass is 16.5. The summed E-state index contributed by atoms with van der Waals surface area (Å²) in [4.78, 5) is 15.5. The molecule has 1 aliphatic rings. The summed E-state index contributed by atoms with van der Waals surface area (Å²) in [6.45, 7) is 10.4. The Hall–Kier alpha value is -3.51. The summed E-state index contributed by atoms with van der Waals surface area (Å²) in [5.41, 5.74) is 7.47. The second-order valence-electron chi connectivity index (χ2n) is 9.64. The van der Waals surface area contributed by atoms with Gasteiger partial charge in [0, 0.05) is 0 Å². The van der Waals surface area contributed by atoms with Gasteiger partial charge in [-0.05, 0) is 85.7 Å². The second kappa shape index (κ2) is 10.9. The molecule has 0 aliphatic carbocycles. The van der Waals surface area contributed by atoms with Gasteiger partial charge in [-0.2, -0.15) is 0 Å². The Balaban J connectivity index is 1.89. The molecule has 0 aromatic heterocycles. The van der Waals surface area contributed by atoms with E-state index >= 15 is 0 Å². The summed E-state index contributed by atoms with van der Waals surface area (Å²) in [7, 11) is 5.05. The van der Waals surface area contributed by atoms with Gasteiger partial charge >= 0.3 is 5.97 Å². The van der Waals surface area contributed by atoms with Gasteiger partial charge in [0.25, 0.3) is 0 Å². The normalized spacial score (nSPS) is 18.5. The van der Waals surface area contributed by atoms with E-state index in [1.165, 1.54) is 0 Å². The van der Waals surface area contributed by atoms with Crippen molar-refractivity contribution in [2.45, 2.75) is 52.7 Å². The summed E-state index contributed by atoms with van der Waals surface area (Å²) >= 11 is 0. The first-order valence-electron chi connectivity index (χ1n) is 12.6. The smallest absolute Gasteiger partial charge is 0.325 e. The van der Waals surface area contributed by atoms with Crippen molar-refractivity contribution >= 4 is 5.97 Å². The van der Waals surface area contributed by atoms with Crippen LogP contribution in [0.4, 0.5) is 0 Å². The maximum Gasteiger partial charge on any atom is 0.325 e. The van der Waals surface area contributed by atoms with Gasteiger partial charge in [0.1, 0.15) is 23.3 Å². The molecule has 0 spiro atoms. The number of ether oxygens (including phenoxy) is 4. The van der Waals surface area contributed by atoms with Gasteiger partial charge in [0.2, 0.25) is 0 Å². The van der Waals surface area contributed by atoms with Crippen LogP contribution in [0.25, 0.3) is 0 Å². The fraction of sp³-hybridized carbons (Fsp3) is 0.387. The van der Waals surface area contributed by atoms with Crippen LogP contribution in [0.15, 0.2) is 48.5 Å². The quantitative estimate of drug-likeness (QED) is 0.263. The maximum absolute atomic E-state index is 13.2. The molecular formula is C31H37NO5. The molecule has 1 heterocycles. The predicted molar refractivity (Wildman–Crippen MR) is 145 cm³/mol. The van der Waals surface area contributed by atoms with Crippen LogP contribution < -0.4 is 14.2 Å². The Kier molecular flexibility index (Phi) is 7.79. The van der Waals surface area contributed by atoms with Crippen molar-refractivity contribution < 1.29 is 23.7 Å². The molecule has 0 bridgehead atoms. The van der Waals surface area contributed by atoms with Crippen LogP contribution in [0.2, 0.25) is 0 Å². The number of rotatable bonds is 9. The zero-order valence-corrected chi connectivity index (χ0v) is 23.0. The molecule has 0 radical (unpaired) electrons. The van der Waals surface area contributed by atoms with E-state index in [2.05, 4.69) is 56.9 Å². The largest absolute Gasteiger partial charge is 0.497 e. The van der Waals surface area contributed by atoms with E-state index in [0.29, 0.717) is 6.61 Å². The number of hydrogen-bond acceptors (Lipinski definition) is 6. The Morgan fingerprint density at radius 2 is 1.24 bits per heavy atom. The number of aryl methyl sites for hydroxylation is 4. The molecule has 1 saturated heterocycles. The first kappa shape index (κ1) is 26.6. The molecule has 0 saturated carbocycles. The molecule has 6 heteroatoms. The molecule has 37 heavy (non-hydrogen) atoms. The predicted octanol–water partition coefficient (Wildman–Crippen LogP) is 6.02. The molecule has 3 aromatic rings. The van der Waals surface area contributed by atoms with Gasteiger partial charge in [0.15, 0.2) is 0 Å². The Bertz CT molecular complexity index is 1180. The third-order valence-electron chi connectivity index (χ3n) is 7.14. The number of nitrogens with zero attached hydrogens (tertiary/aromatic N) is 1. The lowest BCUT2D eigenvalue weighted by molar-refractivity contribution is -0.143. The average Bonchev–Trinajstić information content (AvgIpc) is 3.59. The molecule has 1 aliphatic heterocycles. The number of esters is 1. The third-order valence-corrected chi connectivity index (χ3v) is 7.14. The SMILES string of the molecule is CCOC(=O)[C@H]1[C@@H](c2ccc(OC)cc2)N1C(c1cc(C)c(OC)c(C)c1)c1cc(C)c(OC)c(C)c1. The highest BCUT2D eigenvalue weighted by Gasteiger charge is 2.58. The van der Waals surface area contributed by atoms with Gasteiger partial charge in [0.05, 0.1) is 40.0 Å². The maximum atomic E-state index is 13.2. The Morgan fingerprint density at radius 1 is 0.784 bits per heavy atom. The van der Waals surface area contributed by atoms with Crippen LogP contribution in [0, 0.1) is 27.7 Å². The van der Waals surface area contributed by atoms with Crippen LogP contribution in [-0.2, 0) is 9.53 Å². The number of carbonyl (C=O) groups excluding carboxylic acids is 1. The molecule has 6 nitrogen and oxygen atoms in total. The van der Waals surface area contributed by atoms with Crippen molar-refractivity contribution in [1.82, 2.24) is 4.90 Å². The molecule has 1 unspecified atom stereocenters. The summed E-state index contributed by atoms with van der Waals surface area (Å²) in [6, 6.07) is 15.9. The van der Waals surface area contributed by atoms with Crippen molar-refractivity contribution in [3.8, 4) is 17.2 Å².